The predicted octanol–water partition coefficient (Wildman–Crippen LogP) is 17.6. The van der Waals surface area contributed by atoms with E-state index in [4.69, 9.17) is 23.7 Å². The first-order chi connectivity index (χ1) is 40.6. The zero-order valence-corrected chi connectivity index (χ0v) is 51.9. The van der Waals surface area contributed by atoms with E-state index in [1.807, 2.05) is 12.2 Å². The molecule has 0 aromatic heterocycles. The molecule has 0 aromatic carbocycles. The quantitative estimate of drug-likeness (QED) is 0.0228. The molecule has 12 heteroatoms. The van der Waals surface area contributed by atoms with Crippen molar-refractivity contribution in [3.8, 4) is 0 Å². The number of carbonyl (C=O) groups is 4. The third-order valence-electron chi connectivity index (χ3n) is 14.1. The van der Waals surface area contributed by atoms with Gasteiger partial charge in [-0.1, -0.05) is 264 Å². The first-order valence-electron chi connectivity index (χ1n) is 32.5. The van der Waals surface area contributed by atoms with Crippen molar-refractivity contribution in [3.05, 3.63) is 122 Å². The zero-order chi connectivity index (χ0) is 60.3. The molecule has 0 spiro atoms. The van der Waals surface area contributed by atoms with E-state index in [2.05, 4.69) is 118 Å². The maximum atomic E-state index is 13.2. The number of hydrogen-bond acceptors (Lipinski definition) is 11. The molecule has 0 radical (unpaired) electrons. The van der Waals surface area contributed by atoms with Crippen LogP contribution in [0.5, 0.6) is 0 Å². The largest absolute Gasteiger partial charge is 0.479 e. The fourth-order valence-corrected chi connectivity index (χ4v) is 9.18. The number of allylic oxidation sites excluding steroid dienone is 19. The van der Waals surface area contributed by atoms with Crippen LogP contribution in [-0.2, 0) is 42.9 Å². The summed E-state index contributed by atoms with van der Waals surface area (Å²) in [6, 6.07) is 0. The fourth-order valence-electron chi connectivity index (χ4n) is 9.18. The Bertz CT molecular complexity index is 1900. The lowest BCUT2D eigenvalue weighted by atomic mass is 9.98. The number of hydrogen-bond donors (Lipinski definition) is 3. The third kappa shape index (κ3) is 47.1. The van der Waals surface area contributed by atoms with E-state index in [9.17, 15) is 34.5 Å². The van der Waals surface area contributed by atoms with Crippen molar-refractivity contribution in [1.29, 1.82) is 0 Å². The van der Waals surface area contributed by atoms with Crippen LogP contribution in [0.2, 0.25) is 0 Å². The van der Waals surface area contributed by atoms with Crippen molar-refractivity contribution in [1.82, 2.24) is 0 Å². The molecule has 6 unspecified atom stereocenters. The van der Waals surface area contributed by atoms with Gasteiger partial charge in [0, 0.05) is 12.8 Å². The molecule has 1 rings (SSSR count). The van der Waals surface area contributed by atoms with Gasteiger partial charge < -0.3 is 39.0 Å². The van der Waals surface area contributed by atoms with Crippen LogP contribution in [0.1, 0.15) is 252 Å². The van der Waals surface area contributed by atoms with Crippen LogP contribution in [-0.4, -0.2) is 89.2 Å². The maximum absolute atomic E-state index is 13.2. The average Bonchev–Trinajstić information content (AvgIpc) is 3.58. The van der Waals surface area contributed by atoms with Gasteiger partial charge in [0.1, 0.15) is 18.8 Å². The molecule has 3 N–H and O–H groups in total. The molecule has 1 aliphatic rings. The smallest absolute Gasteiger partial charge is 0.335 e. The highest BCUT2D eigenvalue weighted by molar-refractivity contribution is 5.74. The van der Waals surface area contributed by atoms with E-state index in [0.717, 1.165) is 96.3 Å². The van der Waals surface area contributed by atoms with Crippen molar-refractivity contribution < 1.29 is 58.2 Å². The van der Waals surface area contributed by atoms with Crippen LogP contribution in [0, 0.1) is 0 Å². The molecule has 12 nitrogen and oxygen atoms in total. The van der Waals surface area contributed by atoms with Crippen LogP contribution in [0.15, 0.2) is 122 Å². The van der Waals surface area contributed by atoms with E-state index in [0.29, 0.717) is 19.3 Å². The number of unbranched alkanes of at least 4 members (excludes halogenated alkanes) is 21. The minimum absolute atomic E-state index is 0.142. The van der Waals surface area contributed by atoms with Gasteiger partial charge in [0.2, 0.25) is 0 Å². The van der Waals surface area contributed by atoms with Gasteiger partial charge in [0.25, 0.3) is 0 Å². The molecule has 470 valence electrons. The second-order valence-electron chi connectivity index (χ2n) is 21.7. The fraction of sp³-hybridized carbons (Fsp3) is 0.662. The van der Waals surface area contributed by atoms with Gasteiger partial charge in [-0.15, -0.1) is 0 Å². The highest BCUT2D eigenvalue weighted by Crippen LogP contribution is 2.26. The van der Waals surface area contributed by atoms with Crippen molar-refractivity contribution >= 4 is 23.9 Å². The molecule has 1 aliphatic heterocycles. The summed E-state index contributed by atoms with van der Waals surface area (Å²) in [6.45, 7) is 5.72. The SMILES string of the molecule is CC/C=C\C/C=C\C/C=C\C/C=C\C/C=C\CCCCCC(=O)OCC(COC1OC(C(=O)O)C(O)C(O)C1OC(=O)C/C=C\C/C=C\C/C=C\C/C=C\C/C=C\CC)OC(=O)CCCCCCCCCCCCCCCCCCCCC. The Balaban J connectivity index is 2.72. The Morgan fingerprint density at radius 2 is 0.795 bits per heavy atom. The molecule has 1 saturated heterocycles. The molecule has 0 saturated carbocycles. The average molecular weight is 1160 g/mol. The molecule has 0 aromatic rings. The van der Waals surface area contributed by atoms with Gasteiger partial charge in [-0.25, -0.2) is 4.79 Å². The molecule has 83 heavy (non-hydrogen) atoms. The number of aliphatic hydroxyl groups excluding tert-OH is 2. The summed E-state index contributed by atoms with van der Waals surface area (Å²) in [7, 11) is 0. The molecule has 0 bridgehead atoms. The van der Waals surface area contributed by atoms with Crippen molar-refractivity contribution in [2.45, 2.75) is 289 Å². The molecule has 1 fully saturated rings. The monoisotopic (exact) mass is 1160 g/mol. The molecule has 6 atom stereocenters. The van der Waals surface area contributed by atoms with Crippen LogP contribution in [0.25, 0.3) is 0 Å². The normalized spacial score (nSPS) is 18.4. The summed E-state index contributed by atoms with van der Waals surface area (Å²) >= 11 is 0. The lowest BCUT2D eigenvalue weighted by molar-refractivity contribution is -0.301. The van der Waals surface area contributed by atoms with Gasteiger partial charge in [-0.05, 0) is 89.9 Å². The second-order valence-corrected chi connectivity index (χ2v) is 21.7. The predicted molar refractivity (Wildman–Crippen MR) is 340 cm³/mol. The van der Waals surface area contributed by atoms with Crippen molar-refractivity contribution in [2.75, 3.05) is 13.2 Å². The third-order valence-corrected chi connectivity index (χ3v) is 14.1. The highest BCUT2D eigenvalue weighted by atomic mass is 16.7. The van der Waals surface area contributed by atoms with Gasteiger partial charge >= 0.3 is 23.9 Å². The number of carbonyl (C=O) groups excluding carboxylic acids is 3. The summed E-state index contributed by atoms with van der Waals surface area (Å²) in [6.07, 6.45) is 67.6. The Kier molecular flexibility index (Phi) is 52.8. The van der Waals surface area contributed by atoms with Crippen molar-refractivity contribution in [3.63, 3.8) is 0 Å². The van der Waals surface area contributed by atoms with E-state index >= 15 is 0 Å². The van der Waals surface area contributed by atoms with Gasteiger partial charge in [-0.3, -0.25) is 14.4 Å². The number of carboxylic acid groups (broad SMARTS) is 1. The summed E-state index contributed by atoms with van der Waals surface area (Å²) in [4.78, 5) is 51.3. The number of rotatable bonds is 54. The topological polar surface area (TPSA) is 175 Å². The van der Waals surface area contributed by atoms with Gasteiger partial charge in [-0.2, -0.15) is 0 Å². The summed E-state index contributed by atoms with van der Waals surface area (Å²) in [5, 5.41) is 31.5. The van der Waals surface area contributed by atoms with Crippen LogP contribution >= 0.6 is 0 Å². The Morgan fingerprint density at radius 1 is 0.422 bits per heavy atom. The Labute approximate surface area is 503 Å². The number of carboxylic acids is 1. The van der Waals surface area contributed by atoms with E-state index in [1.54, 1.807) is 12.2 Å². The summed E-state index contributed by atoms with van der Waals surface area (Å²) in [5.74, 6) is -3.33. The van der Waals surface area contributed by atoms with Crippen LogP contribution < -0.4 is 0 Å². The minimum Gasteiger partial charge on any atom is -0.479 e. The van der Waals surface area contributed by atoms with E-state index < -0.39 is 67.3 Å². The lowest BCUT2D eigenvalue weighted by Gasteiger charge is -2.40. The molecule has 0 amide bonds. The minimum atomic E-state index is -1.94. The lowest BCUT2D eigenvalue weighted by Crippen LogP contribution is -2.61. The Morgan fingerprint density at radius 3 is 1.22 bits per heavy atom. The number of esters is 3. The highest BCUT2D eigenvalue weighted by Gasteiger charge is 2.50. The van der Waals surface area contributed by atoms with E-state index in [-0.39, 0.29) is 25.9 Å². The molecule has 0 aliphatic carbocycles. The standard InChI is InChI=1S/C71H114O12/c1-4-7-10-13-16-19-22-25-28-30-32-34-37-39-42-45-48-51-54-57-63(72)79-60-62(81-64(73)58-55-52-49-46-43-41-38-35-33-31-29-26-23-20-17-14-11-8-5-2)61-80-71-69(67(76)66(75)68(83-71)70(77)78)82-65(74)59-56-53-50-47-44-40-36-27-24-21-18-15-12-9-6-3/h7,9-10,12,16,18-19,21,25,27-28,32,34,36,39,42,44,47,53,56,62,66-69,71,75-76H,4-6,8,11,13-15,17,20,22-24,26,29-31,33,35,37-38,40-41,43,45-46,48-52,54-55,57-61H2,1-3H3,(H,77,78)/b10-7-,12-9-,19-16-,21-18-,28-25-,34-32-,36-27-,42-39-,47-44-,56-53-. The first-order valence-corrected chi connectivity index (χ1v) is 32.5. The first kappa shape index (κ1) is 76.1. The van der Waals surface area contributed by atoms with Crippen LogP contribution in [0.3, 0.4) is 0 Å². The van der Waals surface area contributed by atoms with Gasteiger partial charge in [0.15, 0.2) is 24.6 Å². The van der Waals surface area contributed by atoms with Crippen molar-refractivity contribution in [2.24, 2.45) is 0 Å². The molecular weight excluding hydrogens is 1040 g/mol. The van der Waals surface area contributed by atoms with E-state index in [1.165, 1.54) is 96.3 Å². The number of ether oxygens (including phenoxy) is 5. The van der Waals surface area contributed by atoms with Crippen LogP contribution in [0.4, 0.5) is 0 Å². The summed E-state index contributed by atoms with van der Waals surface area (Å²) in [5.41, 5.74) is 0. The maximum Gasteiger partial charge on any atom is 0.335 e. The number of aliphatic hydroxyl groups is 2. The summed E-state index contributed by atoms with van der Waals surface area (Å²) < 4.78 is 28.4. The number of aliphatic carboxylic acids is 1. The zero-order valence-electron chi connectivity index (χ0n) is 51.9. The van der Waals surface area contributed by atoms with Gasteiger partial charge in [0.05, 0.1) is 13.0 Å². The Hall–Kier alpha value is -4.88. The second kappa shape index (κ2) is 57.5. The molecule has 1 heterocycles. The molecular formula is C71H114O12.